The standard InChI is InChI=1S/C14H15FN2O2S/c1-8-9(2)20-12(17-8)7-16-14(19)13(18)10-5-3-4-6-11(10)15/h3-6,13,18H,7H2,1-2H3,(H,16,19). The second kappa shape index (κ2) is 6.11. The first-order valence-electron chi connectivity index (χ1n) is 6.12. The SMILES string of the molecule is Cc1nc(CNC(=O)C(O)c2ccccc2F)sc1C. The molecule has 2 aromatic rings. The van der Waals surface area contributed by atoms with E-state index < -0.39 is 17.8 Å². The van der Waals surface area contributed by atoms with E-state index in [0.717, 1.165) is 15.6 Å². The lowest BCUT2D eigenvalue weighted by atomic mass is 10.1. The van der Waals surface area contributed by atoms with Crippen molar-refractivity contribution in [1.82, 2.24) is 10.3 Å². The Kier molecular flexibility index (Phi) is 4.46. The van der Waals surface area contributed by atoms with E-state index in [1.807, 2.05) is 13.8 Å². The molecule has 0 spiro atoms. The average molecular weight is 294 g/mol. The van der Waals surface area contributed by atoms with Gasteiger partial charge in [0.05, 0.1) is 12.2 Å². The lowest BCUT2D eigenvalue weighted by Gasteiger charge is -2.11. The van der Waals surface area contributed by atoms with E-state index in [2.05, 4.69) is 10.3 Å². The van der Waals surface area contributed by atoms with Gasteiger partial charge < -0.3 is 10.4 Å². The van der Waals surface area contributed by atoms with E-state index in [0.29, 0.717) is 0 Å². The molecule has 2 rings (SSSR count). The summed E-state index contributed by atoms with van der Waals surface area (Å²) in [5, 5.41) is 13.2. The summed E-state index contributed by atoms with van der Waals surface area (Å²) in [5.41, 5.74) is 0.894. The molecule has 1 heterocycles. The monoisotopic (exact) mass is 294 g/mol. The third kappa shape index (κ3) is 3.20. The van der Waals surface area contributed by atoms with Gasteiger partial charge in [0.2, 0.25) is 0 Å². The average Bonchev–Trinajstić information content (AvgIpc) is 2.75. The first kappa shape index (κ1) is 14.6. The molecule has 0 saturated carbocycles. The van der Waals surface area contributed by atoms with Crippen LogP contribution in [0.2, 0.25) is 0 Å². The topological polar surface area (TPSA) is 62.2 Å². The molecule has 1 aromatic carbocycles. The van der Waals surface area contributed by atoms with Gasteiger partial charge in [-0.05, 0) is 19.9 Å². The van der Waals surface area contributed by atoms with Gasteiger partial charge >= 0.3 is 0 Å². The van der Waals surface area contributed by atoms with E-state index in [1.165, 1.54) is 29.5 Å². The number of thiazole rings is 1. The summed E-state index contributed by atoms with van der Waals surface area (Å²) in [7, 11) is 0. The molecule has 0 fully saturated rings. The molecule has 1 amide bonds. The summed E-state index contributed by atoms with van der Waals surface area (Å²) in [6, 6.07) is 5.67. The fraction of sp³-hybridized carbons (Fsp3) is 0.286. The largest absolute Gasteiger partial charge is 0.378 e. The van der Waals surface area contributed by atoms with Crippen LogP contribution in [0, 0.1) is 19.7 Å². The number of nitrogens with zero attached hydrogens (tertiary/aromatic N) is 1. The highest BCUT2D eigenvalue weighted by Gasteiger charge is 2.20. The van der Waals surface area contributed by atoms with Crippen molar-refractivity contribution in [3.05, 3.63) is 51.2 Å². The number of aryl methyl sites for hydroxylation is 2. The second-order valence-corrected chi connectivity index (χ2v) is 5.68. The van der Waals surface area contributed by atoms with Crippen molar-refractivity contribution < 1.29 is 14.3 Å². The lowest BCUT2D eigenvalue weighted by Crippen LogP contribution is -2.29. The van der Waals surface area contributed by atoms with Crippen LogP contribution in [0.4, 0.5) is 4.39 Å². The number of rotatable bonds is 4. The van der Waals surface area contributed by atoms with Gasteiger partial charge in [0, 0.05) is 10.4 Å². The molecule has 0 saturated heterocycles. The van der Waals surface area contributed by atoms with Gasteiger partial charge in [-0.1, -0.05) is 18.2 Å². The number of nitrogens with one attached hydrogen (secondary N) is 1. The number of aliphatic hydroxyl groups is 1. The summed E-state index contributed by atoms with van der Waals surface area (Å²) >= 11 is 1.49. The molecule has 0 aliphatic heterocycles. The van der Waals surface area contributed by atoms with Crippen molar-refractivity contribution in [2.75, 3.05) is 0 Å². The molecule has 1 unspecified atom stereocenters. The Morgan fingerprint density at radius 3 is 2.75 bits per heavy atom. The number of hydrogen-bond donors (Lipinski definition) is 2. The fourth-order valence-corrected chi connectivity index (χ4v) is 2.59. The number of amides is 1. The van der Waals surface area contributed by atoms with Crippen LogP contribution < -0.4 is 5.32 Å². The van der Waals surface area contributed by atoms with E-state index in [-0.39, 0.29) is 12.1 Å². The van der Waals surface area contributed by atoms with E-state index in [9.17, 15) is 14.3 Å². The van der Waals surface area contributed by atoms with Crippen LogP contribution in [0.15, 0.2) is 24.3 Å². The van der Waals surface area contributed by atoms with E-state index in [4.69, 9.17) is 0 Å². The first-order valence-corrected chi connectivity index (χ1v) is 6.94. The van der Waals surface area contributed by atoms with Crippen molar-refractivity contribution in [2.45, 2.75) is 26.5 Å². The summed E-state index contributed by atoms with van der Waals surface area (Å²) in [6.07, 6.45) is -1.52. The number of benzene rings is 1. The molecule has 0 aliphatic rings. The highest BCUT2D eigenvalue weighted by atomic mass is 32.1. The van der Waals surface area contributed by atoms with Gasteiger partial charge in [0.15, 0.2) is 6.10 Å². The number of aliphatic hydroxyl groups excluding tert-OH is 1. The molecule has 0 radical (unpaired) electrons. The zero-order chi connectivity index (χ0) is 14.7. The third-order valence-electron chi connectivity index (χ3n) is 2.93. The smallest absolute Gasteiger partial charge is 0.253 e. The van der Waals surface area contributed by atoms with Crippen molar-refractivity contribution in [1.29, 1.82) is 0 Å². The summed E-state index contributed by atoms with van der Waals surface area (Å²) in [4.78, 5) is 17.2. The maximum absolute atomic E-state index is 13.5. The van der Waals surface area contributed by atoms with Gasteiger partial charge in [0.1, 0.15) is 10.8 Å². The predicted octanol–water partition coefficient (Wildman–Crippen LogP) is 2.25. The van der Waals surface area contributed by atoms with Gasteiger partial charge in [-0.15, -0.1) is 11.3 Å². The molecule has 1 atom stereocenters. The molecular weight excluding hydrogens is 279 g/mol. The maximum Gasteiger partial charge on any atom is 0.253 e. The Labute approximate surface area is 120 Å². The predicted molar refractivity (Wildman–Crippen MR) is 74.8 cm³/mol. The van der Waals surface area contributed by atoms with Crippen LogP contribution in [0.3, 0.4) is 0 Å². The van der Waals surface area contributed by atoms with Crippen LogP contribution in [-0.2, 0) is 11.3 Å². The van der Waals surface area contributed by atoms with Gasteiger partial charge in [-0.2, -0.15) is 0 Å². The Morgan fingerprint density at radius 2 is 2.15 bits per heavy atom. The fourth-order valence-electron chi connectivity index (χ4n) is 1.71. The molecule has 2 N–H and O–H groups in total. The molecule has 4 nitrogen and oxygen atoms in total. The Morgan fingerprint density at radius 1 is 1.45 bits per heavy atom. The summed E-state index contributed by atoms with van der Waals surface area (Å²) < 4.78 is 13.5. The molecule has 20 heavy (non-hydrogen) atoms. The van der Waals surface area contributed by atoms with Crippen LogP contribution in [0.1, 0.15) is 27.2 Å². The van der Waals surface area contributed by atoms with E-state index >= 15 is 0 Å². The van der Waals surface area contributed by atoms with Gasteiger partial charge in [0.25, 0.3) is 5.91 Å². The molecule has 1 aromatic heterocycles. The zero-order valence-corrected chi connectivity index (χ0v) is 12.0. The first-order chi connectivity index (χ1) is 9.49. The van der Waals surface area contributed by atoms with Crippen LogP contribution in [-0.4, -0.2) is 16.0 Å². The maximum atomic E-state index is 13.5. The molecule has 6 heteroatoms. The van der Waals surface area contributed by atoms with Gasteiger partial charge in [-0.25, -0.2) is 9.37 Å². The number of hydrogen-bond acceptors (Lipinski definition) is 4. The molecule has 0 aliphatic carbocycles. The number of aromatic nitrogens is 1. The highest BCUT2D eigenvalue weighted by Crippen LogP contribution is 2.18. The normalized spacial score (nSPS) is 12.2. The second-order valence-electron chi connectivity index (χ2n) is 4.39. The minimum absolute atomic E-state index is 0.0310. The summed E-state index contributed by atoms with van der Waals surface area (Å²) in [5.74, 6) is -1.24. The molecular formula is C14H15FN2O2S. The number of halogens is 1. The number of carbonyl (C=O) groups is 1. The van der Waals surface area contributed by atoms with Crippen molar-refractivity contribution in [3.63, 3.8) is 0 Å². The highest BCUT2D eigenvalue weighted by molar-refractivity contribution is 7.11. The van der Waals surface area contributed by atoms with Crippen molar-refractivity contribution in [2.24, 2.45) is 0 Å². The molecule has 0 bridgehead atoms. The minimum atomic E-state index is -1.52. The molecule has 106 valence electrons. The van der Waals surface area contributed by atoms with Crippen molar-refractivity contribution in [3.8, 4) is 0 Å². The van der Waals surface area contributed by atoms with E-state index in [1.54, 1.807) is 6.07 Å². The quantitative estimate of drug-likeness (QED) is 0.909. The Hall–Kier alpha value is -1.79. The Bertz CT molecular complexity index is 608. The van der Waals surface area contributed by atoms with Gasteiger partial charge in [-0.3, -0.25) is 4.79 Å². The van der Waals surface area contributed by atoms with Crippen LogP contribution >= 0.6 is 11.3 Å². The summed E-state index contributed by atoms with van der Waals surface area (Å²) in [6.45, 7) is 4.07. The third-order valence-corrected chi connectivity index (χ3v) is 4.01. The number of carbonyl (C=O) groups excluding carboxylic acids is 1. The zero-order valence-electron chi connectivity index (χ0n) is 11.2. The van der Waals surface area contributed by atoms with Crippen LogP contribution in [0.5, 0.6) is 0 Å². The van der Waals surface area contributed by atoms with Crippen molar-refractivity contribution >= 4 is 17.2 Å². The Balaban J connectivity index is 2.00. The minimum Gasteiger partial charge on any atom is -0.378 e. The van der Waals surface area contributed by atoms with Crippen LogP contribution in [0.25, 0.3) is 0 Å². The lowest BCUT2D eigenvalue weighted by molar-refractivity contribution is -0.129.